The summed E-state index contributed by atoms with van der Waals surface area (Å²) in [5, 5.41) is 0. The number of rotatable bonds is 1. The third-order valence-electron chi connectivity index (χ3n) is 3.30. The third-order valence-corrected chi connectivity index (χ3v) is 3.30. The van der Waals surface area contributed by atoms with E-state index in [2.05, 4.69) is 6.07 Å². The Morgan fingerprint density at radius 2 is 1.84 bits per heavy atom. The molecule has 0 aliphatic carbocycles. The van der Waals surface area contributed by atoms with Crippen LogP contribution in [0.1, 0.15) is 11.1 Å². The van der Waals surface area contributed by atoms with Gasteiger partial charge in [-0.3, -0.25) is 9.69 Å². The Hall–Kier alpha value is -2.29. The fourth-order valence-electron chi connectivity index (χ4n) is 2.42. The zero-order valence-corrected chi connectivity index (χ0v) is 11.0. The van der Waals surface area contributed by atoms with Gasteiger partial charge in [-0.05, 0) is 37.6 Å². The number of nitrogens with zero attached hydrogens (tertiary/aromatic N) is 1. The van der Waals surface area contributed by atoms with Gasteiger partial charge in [-0.2, -0.15) is 0 Å². The van der Waals surface area contributed by atoms with E-state index in [1.807, 2.05) is 50.2 Å². The van der Waals surface area contributed by atoms with Crippen LogP contribution in [0.2, 0.25) is 0 Å². The van der Waals surface area contributed by atoms with E-state index in [0.717, 1.165) is 22.7 Å². The van der Waals surface area contributed by atoms with Gasteiger partial charge in [-0.1, -0.05) is 29.8 Å². The van der Waals surface area contributed by atoms with Gasteiger partial charge in [-0.25, -0.2) is 0 Å². The minimum atomic E-state index is -0.0364. The van der Waals surface area contributed by atoms with E-state index in [1.165, 1.54) is 5.56 Å². The van der Waals surface area contributed by atoms with E-state index < -0.39 is 0 Å². The van der Waals surface area contributed by atoms with Crippen molar-refractivity contribution in [2.45, 2.75) is 13.8 Å². The van der Waals surface area contributed by atoms with Crippen LogP contribution >= 0.6 is 0 Å². The van der Waals surface area contributed by atoms with E-state index in [1.54, 1.807) is 4.90 Å². The molecule has 0 N–H and O–H groups in total. The number of hydrogen-bond acceptors (Lipinski definition) is 2. The zero-order valence-electron chi connectivity index (χ0n) is 11.0. The molecule has 2 aromatic carbocycles. The van der Waals surface area contributed by atoms with Crippen LogP contribution in [-0.2, 0) is 4.79 Å². The first kappa shape index (κ1) is 11.8. The Labute approximate surface area is 112 Å². The Morgan fingerprint density at radius 3 is 2.63 bits per heavy atom. The maximum atomic E-state index is 12.2. The molecule has 3 nitrogen and oxygen atoms in total. The van der Waals surface area contributed by atoms with Crippen LogP contribution in [0.4, 0.5) is 11.4 Å². The van der Waals surface area contributed by atoms with E-state index >= 15 is 0 Å². The molecule has 0 unspecified atom stereocenters. The first-order chi connectivity index (χ1) is 9.16. The van der Waals surface area contributed by atoms with Crippen molar-refractivity contribution in [2.75, 3.05) is 11.5 Å². The molecule has 1 aliphatic rings. The quantitative estimate of drug-likeness (QED) is 0.780. The van der Waals surface area contributed by atoms with Gasteiger partial charge in [-0.15, -0.1) is 0 Å². The number of hydrogen-bond donors (Lipinski definition) is 0. The maximum absolute atomic E-state index is 12.2. The van der Waals surface area contributed by atoms with Crippen molar-refractivity contribution in [3.8, 4) is 5.75 Å². The van der Waals surface area contributed by atoms with Gasteiger partial charge >= 0.3 is 0 Å². The summed E-state index contributed by atoms with van der Waals surface area (Å²) in [6, 6.07) is 13.7. The van der Waals surface area contributed by atoms with Gasteiger partial charge in [0.05, 0.1) is 11.4 Å². The Morgan fingerprint density at radius 1 is 1.05 bits per heavy atom. The van der Waals surface area contributed by atoms with Crippen molar-refractivity contribution in [3.63, 3.8) is 0 Å². The molecule has 0 spiro atoms. The van der Waals surface area contributed by atoms with Crippen molar-refractivity contribution in [3.05, 3.63) is 53.6 Å². The number of ether oxygens (including phenoxy) is 1. The van der Waals surface area contributed by atoms with Gasteiger partial charge < -0.3 is 4.74 Å². The lowest BCUT2D eigenvalue weighted by molar-refractivity contribution is -0.120. The van der Waals surface area contributed by atoms with Crippen LogP contribution < -0.4 is 9.64 Å². The molecule has 0 fully saturated rings. The molecule has 0 aromatic heterocycles. The van der Waals surface area contributed by atoms with Crippen molar-refractivity contribution in [1.29, 1.82) is 0 Å². The molecule has 0 bridgehead atoms. The maximum Gasteiger partial charge on any atom is 0.269 e. The van der Waals surface area contributed by atoms with Gasteiger partial charge in [0, 0.05) is 0 Å². The molecule has 3 heteroatoms. The van der Waals surface area contributed by atoms with Gasteiger partial charge in [0.25, 0.3) is 5.91 Å². The second-order valence-corrected chi connectivity index (χ2v) is 4.78. The van der Waals surface area contributed by atoms with Crippen LogP contribution in [0.25, 0.3) is 0 Å². The van der Waals surface area contributed by atoms with Crippen molar-refractivity contribution in [2.24, 2.45) is 0 Å². The second kappa shape index (κ2) is 4.43. The van der Waals surface area contributed by atoms with Crippen molar-refractivity contribution >= 4 is 17.3 Å². The predicted octanol–water partition coefficient (Wildman–Crippen LogP) is 3.36. The fourth-order valence-corrected chi connectivity index (χ4v) is 2.42. The molecule has 3 rings (SSSR count). The summed E-state index contributed by atoms with van der Waals surface area (Å²) in [5.41, 5.74) is 4.01. The topological polar surface area (TPSA) is 29.5 Å². The lowest BCUT2D eigenvalue weighted by Gasteiger charge is -2.30. The highest BCUT2D eigenvalue weighted by atomic mass is 16.5. The van der Waals surface area contributed by atoms with Gasteiger partial charge in [0.1, 0.15) is 5.75 Å². The molecule has 0 saturated carbocycles. The van der Waals surface area contributed by atoms with E-state index in [9.17, 15) is 4.79 Å². The molecule has 1 heterocycles. The van der Waals surface area contributed by atoms with Crippen LogP contribution in [-0.4, -0.2) is 12.5 Å². The number of carbonyl (C=O) groups excluding carboxylic acids is 1. The number of anilines is 2. The summed E-state index contributed by atoms with van der Waals surface area (Å²) < 4.78 is 5.46. The van der Waals surface area contributed by atoms with Crippen LogP contribution in [0, 0.1) is 13.8 Å². The highest BCUT2D eigenvalue weighted by Crippen LogP contribution is 2.38. The summed E-state index contributed by atoms with van der Waals surface area (Å²) in [6.45, 7) is 4.16. The molecule has 96 valence electrons. The van der Waals surface area contributed by atoms with E-state index in [4.69, 9.17) is 4.74 Å². The van der Waals surface area contributed by atoms with Crippen LogP contribution in [0.5, 0.6) is 5.75 Å². The lowest BCUT2D eigenvalue weighted by atomic mass is 10.1. The molecular weight excluding hydrogens is 238 g/mol. The van der Waals surface area contributed by atoms with Crippen molar-refractivity contribution < 1.29 is 9.53 Å². The number of benzene rings is 2. The standard InChI is InChI=1S/C16H15NO2/c1-11-7-8-13(12(2)9-11)17-14-5-3-4-6-15(14)19-10-16(17)18/h3-9H,10H2,1-2H3. The highest BCUT2D eigenvalue weighted by molar-refractivity contribution is 6.04. The minimum Gasteiger partial charge on any atom is -0.482 e. The molecule has 0 radical (unpaired) electrons. The Bertz CT molecular complexity index is 649. The van der Waals surface area contributed by atoms with Crippen molar-refractivity contribution in [1.82, 2.24) is 0 Å². The second-order valence-electron chi connectivity index (χ2n) is 4.78. The first-order valence-electron chi connectivity index (χ1n) is 6.29. The molecule has 0 saturated heterocycles. The summed E-state index contributed by atoms with van der Waals surface area (Å²) in [6.07, 6.45) is 0. The predicted molar refractivity (Wildman–Crippen MR) is 75.0 cm³/mol. The SMILES string of the molecule is Cc1ccc(N2C(=O)COc3ccccc32)c(C)c1. The Balaban J connectivity index is 2.16. The first-order valence-corrected chi connectivity index (χ1v) is 6.29. The average molecular weight is 253 g/mol. The fraction of sp³-hybridized carbons (Fsp3) is 0.188. The minimum absolute atomic E-state index is 0.0364. The van der Waals surface area contributed by atoms with Crippen LogP contribution in [0.15, 0.2) is 42.5 Å². The molecule has 19 heavy (non-hydrogen) atoms. The molecule has 2 aromatic rings. The number of fused-ring (bicyclic) bond motifs is 1. The smallest absolute Gasteiger partial charge is 0.269 e. The molecular formula is C16H15NO2. The normalized spacial score (nSPS) is 14.0. The summed E-state index contributed by atoms with van der Waals surface area (Å²) in [7, 11) is 0. The number of carbonyl (C=O) groups is 1. The van der Waals surface area contributed by atoms with Crippen LogP contribution in [0.3, 0.4) is 0 Å². The highest BCUT2D eigenvalue weighted by Gasteiger charge is 2.27. The number of aryl methyl sites for hydroxylation is 2. The largest absolute Gasteiger partial charge is 0.482 e. The van der Waals surface area contributed by atoms with Gasteiger partial charge in [0.2, 0.25) is 0 Å². The average Bonchev–Trinajstić information content (AvgIpc) is 2.40. The number of amides is 1. The monoisotopic (exact) mass is 253 g/mol. The van der Waals surface area contributed by atoms with E-state index in [0.29, 0.717) is 0 Å². The molecule has 0 atom stereocenters. The summed E-state index contributed by atoms with van der Waals surface area (Å²) in [4.78, 5) is 13.9. The summed E-state index contributed by atoms with van der Waals surface area (Å²) >= 11 is 0. The number of para-hydroxylation sites is 2. The molecule has 1 amide bonds. The molecule has 1 aliphatic heterocycles. The van der Waals surface area contributed by atoms with Gasteiger partial charge in [0.15, 0.2) is 6.61 Å². The Kier molecular flexibility index (Phi) is 2.75. The zero-order chi connectivity index (χ0) is 13.4. The summed E-state index contributed by atoms with van der Waals surface area (Å²) in [5.74, 6) is 0.715. The van der Waals surface area contributed by atoms with E-state index in [-0.39, 0.29) is 12.5 Å². The third kappa shape index (κ3) is 1.97. The lowest BCUT2D eigenvalue weighted by Crippen LogP contribution is -2.35.